The third-order valence-corrected chi connectivity index (χ3v) is 3.87. The number of pyridine rings is 1. The highest BCUT2D eigenvalue weighted by Gasteiger charge is 2.09. The maximum absolute atomic E-state index is 9.27. The molecule has 6 heteroatoms. The van der Waals surface area contributed by atoms with Gasteiger partial charge in [-0.1, -0.05) is 36.4 Å². The molecule has 0 saturated heterocycles. The van der Waals surface area contributed by atoms with Crippen molar-refractivity contribution < 1.29 is 5.11 Å². The fraction of sp³-hybridized carbons (Fsp3) is 0.250. The average Bonchev–Trinajstić information content (AvgIpc) is 2.69. The maximum atomic E-state index is 9.27. The Hall–Kier alpha value is -2.99. The number of nitrogens with one attached hydrogen (secondary N) is 2. The highest BCUT2D eigenvalue weighted by molar-refractivity contribution is 5.61. The van der Waals surface area contributed by atoms with Crippen molar-refractivity contribution in [2.75, 3.05) is 23.8 Å². The van der Waals surface area contributed by atoms with Crippen molar-refractivity contribution in [3.05, 3.63) is 66.4 Å². The van der Waals surface area contributed by atoms with Gasteiger partial charge in [-0.15, -0.1) is 0 Å². The predicted octanol–water partition coefficient (Wildman–Crippen LogP) is 2.99. The molecule has 3 N–H and O–H groups in total. The molecule has 1 aromatic carbocycles. The zero-order valence-electron chi connectivity index (χ0n) is 14.8. The summed E-state index contributed by atoms with van der Waals surface area (Å²) in [5.74, 6) is 1.20. The van der Waals surface area contributed by atoms with Gasteiger partial charge in [-0.3, -0.25) is 4.98 Å². The lowest BCUT2D eigenvalue weighted by atomic mass is 10.1. The zero-order valence-corrected chi connectivity index (χ0v) is 14.8. The molecule has 6 nitrogen and oxygen atoms in total. The van der Waals surface area contributed by atoms with E-state index in [1.165, 1.54) is 5.56 Å². The highest BCUT2D eigenvalue weighted by atomic mass is 16.3. The van der Waals surface area contributed by atoms with E-state index in [0.29, 0.717) is 5.95 Å². The molecule has 1 atom stereocenters. The number of nitrogens with zero attached hydrogens (tertiary/aromatic N) is 3. The fourth-order valence-corrected chi connectivity index (χ4v) is 2.49. The molecule has 2 aromatic heterocycles. The third kappa shape index (κ3) is 5.00. The van der Waals surface area contributed by atoms with Crippen molar-refractivity contribution in [1.29, 1.82) is 0 Å². The number of rotatable bonds is 8. The standard InChI is InChI=1S/C20H23N5O/c1-15(14-26)23-20-24-18(17-9-5-6-11-21-17)13-19(25-20)22-12-10-16-7-3-2-4-8-16/h2-9,11,13,15,26H,10,12,14H2,1H3,(H2,22,23,24,25)/t15-/m0/s1. The van der Waals surface area contributed by atoms with E-state index in [1.807, 2.05) is 49.4 Å². The molecule has 0 aliphatic carbocycles. The number of aliphatic hydroxyl groups is 1. The first-order valence-electron chi connectivity index (χ1n) is 8.70. The zero-order chi connectivity index (χ0) is 18.2. The molecular formula is C20H23N5O. The minimum absolute atomic E-state index is 0.00788. The number of aromatic nitrogens is 3. The largest absolute Gasteiger partial charge is 0.394 e. The van der Waals surface area contributed by atoms with Crippen molar-refractivity contribution in [2.24, 2.45) is 0 Å². The van der Waals surface area contributed by atoms with Crippen LogP contribution >= 0.6 is 0 Å². The van der Waals surface area contributed by atoms with Gasteiger partial charge in [0.15, 0.2) is 0 Å². The molecule has 0 amide bonds. The van der Waals surface area contributed by atoms with Gasteiger partial charge in [0, 0.05) is 24.8 Å². The van der Waals surface area contributed by atoms with Crippen LogP contribution in [-0.4, -0.2) is 39.3 Å². The number of hydrogen-bond acceptors (Lipinski definition) is 6. The van der Waals surface area contributed by atoms with E-state index in [4.69, 9.17) is 0 Å². The average molecular weight is 349 g/mol. The van der Waals surface area contributed by atoms with Crippen LogP contribution in [0.25, 0.3) is 11.4 Å². The summed E-state index contributed by atoms with van der Waals surface area (Å²) in [6, 6.07) is 17.8. The Balaban J connectivity index is 1.77. The van der Waals surface area contributed by atoms with E-state index in [2.05, 4.69) is 37.7 Å². The summed E-state index contributed by atoms with van der Waals surface area (Å²) in [4.78, 5) is 13.4. The van der Waals surface area contributed by atoms with Crippen molar-refractivity contribution >= 4 is 11.8 Å². The van der Waals surface area contributed by atoms with Crippen molar-refractivity contribution in [3.8, 4) is 11.4 Å². The highest BCUT2D eigenvalue weighted by Crippen LogP contribution is 2.20. The summed E-state index contributed by atoms with van der Waals surface area (Å²) >= 11 is 0. The SMILES string of the molecule is C[C@@H](CO)Nc1nc(NCCc2ccccc2)cc(-c2ccccn2)n1. The minimum Gasteiger partial charge on any atom is -0.394 e. The maximum Gasteiger partial charge on any atom is 0.225 e. The second-order valence-corrected chi connectivity index (χ2v) is 6.07. The molecule has 0 aliphatic heterocycles. The number of hydrogen-bond donors (Lipinski definition) is 3. The Morgan fingerprint density at radius 1 is 1.00 bits per heavy atom. The molecule has 0 bridgehead atoms. The Morgan fingerprint density at radius 3 is 2.54 bits per heavy atom. The number of benzene rings is 1. The fourth-order valence-electron chi connectivity index (χ4n) is 2.49. The van der Waals surface area contributed by atoms with Gasteiger partial charge in [0.25, 0.3) is 0 Å². The topological polar surface area (TPSA) is 83.0 Å². The molecule has 0 saturated carbocycles. The Kier molecular flexibility index (Phi) is 6.11. The third-order valence-electron chi connectivity index (χ3n) is 3.87. The van der Waals surface area contributed by atoms with Gasteiger partial charge in [0.2, 0.25) is 5.95 Å². The first-order chi connectivity index (χ1) is 12.7. The molecule has 3 aromatic rings. The van der Waals surface area contributed by atoms with E-state index in [-0.39, 0.29) is 12.6 Å². The summed E-state index contributed by atoms with van der Waals surface area (Å²) < 4.78 is 0. The van der Waals surface area contributed by atoms with Crippen molar-refractivity contribution in [2.45, 2.75) is 19.4 Å². The Morgan fingerprint density at radius 2 is 1.81 bits per heavy atom. The van der Waals surface area contributed by atoms with Crippen molar-refractivity contribution in [3.63, 3.8) is 0 Å². The summed E-state index contributed by atoms with van der Waals surface area (Å²) in [5.41, 5.74) is 2.78. The van der Waals surface area contributed by atoms with Crippen LogP contribution in [0, 0.1) is 0 Å². The van der Waals surface area contributed by atoms with Gasteiger partial charge >= 0.3 is 0 Å². The quantitative estimate of drug-likeness (QED) is 0.580. The summed E-state index contributed by atoms with van der Waals surface area (Å²) in [7, 11) is 0. The Bertz CT molecular complexity index is 811. The second-order valence-electron chi connectivity index (χ2n) is 6.07. The predicted molar refractivity (Wildman–Crippen MR) is 104 cm³/mol. The van der Waals surface area contributed by atoms with E-state index < -0.39 is 0 Å². The van der Waals surface area contributed by atoms with Crippen LogP contribution in [0.2, 0.25) is 0 Å². The van der Waals surface area contributed by atoms with E-state index >= 15 is 0 Å². The van der Waals surface area contributed by atoms with Crippen LogP contribution in [0.3, 0.4) is 0 Å². The van der Waals surface area contributed by atoms with E-state index in [0.717, 1.165) is 30.2 Å². The van der Waals surface area contributed by atoms with Crippen molar-refractivity contribution in [1.82, 2.24) is 15.0 Å². The molecular weight excluding hydrogens is 326 g/mol. The molecule has 3 rings (SSSR count). The first kappa shape index (κ1) is 17.8. The normalized spacial score (nSPS) is 11.8. The minimum atomic E-state index is -0.133. The second kappa shape index (κ2) is 8.92. The molecule has 26 heavy (non-hydrogen) atoms. The summed E-state index contributed by atoms with van der Waals surface area (Å²) in [5, 5.41) is 15.7. The van der Waals surface area contributed by atoms with Crippen LogP contribution in [0.5, 0.6) is 0 Å². The van der Waals surface area contributed by atoms with Crippen LogP contribution in [0.4, 0.5) is 11.8 Å². The summed E-state index contributed by atoms with van der Waals surface area (Å²) in [6.45, 7) is 2.64. The molecule has 2 heterocycles. The lowest BCUT2D eigenvalue weighted by Crippen LogP contribution is -2.21. The smallest absolute Gasteiger partial charge is 0.225 e. The molecule has 0 unspecified atom stereocenters. The van der Waals surface area contributed by atoms with Crippen LogP contribution in [0.15, 0.2) is 60.8 Å². The molecule has 0 fully saturated rings. The van der Waals surface area contributed by atoms with Gasteiger partial charge in [0.1, 0.15) is 5.82 Å². The number of anilines is 2. The van der Waals surface area contributed by atoms with Gasteiger partial charge in [-0.05, 0) is 31.0 Å². The molecule has 0 spiro atoms. The summed E-state index contributed by atoms with van der Waals surface area (Å²) in [6.07, 6.45) is 2.64. The monoisotopic (exact) mass is 349 g/mol. The van der Waals surface area contributed by atoms with Gasteiger partial charge in [-0.2, -0.15) is 4.98 Å². The lowest BCUT2D eigenvalue weighted by molar-refractivity contribution is 0.281. The van der Waals surface area contributed by atoms with Gasteiger partial charge in [-0.25, -0.2) is 4.98 Å². The first-order valence-corrected chi connectivity index (χ1v) is 8.70. The molecule has 134 valence electrons. The Labute approximate surface area is 153 Å². The van der Waals surface area contributed by atoms with Crippen LogP contribution in [0.1, 0.15) is 12.5 Å². The van der Waals surface area contributed by atoms with E-state index in [1.54, 1.807) is 6.20 Å². The van der Waals surface area contributed by atoms with Gasteiger partial charge < -0.3 is 15.7 Å². The lowest BCUT2D eigenvalue weighted by Gasteiger charge is -2.14. The molecule has 0 aliphatic rings. The van der Waals surface area contributed by atoms with E-state index in [9.17, 15) is 5.11 Å². The van der Waals surface area contributed by atoms with Crippen LogP contribution < -0.4 is 10.6 Å². The molecule has 0 radical (unpaired) electrons. The van der Waals surface area contributed by atoms with Gasteiger partial charge in [0.05, 0.1) is 18.0 Å². The van der Waals surface area contributed by atoms with Crippen LogP contribution in [-0.2, 0) is 6.42 Å². The number of aliphatic hydroxyl groups excluding tert-OH is 1.